The zero-order chi connectivity index (χ0) is 14.2. The van der Waals surface area contributed by atoms with E-state index >= 15 is 0 Å². The van der Waals surface area contributed by atoms with Gasteiger partial charge in [0.05, 0.1) is 18.2 Å². The molecule has 19 heavy (non-hydrogen) atoms. The number of esters is 1. The molecule has 1 heterocycles. The summed E-state index contributed by atoms with van der Waals surface area (Å²) in [6.07, 6.45) is -0.370. The van der Waals surface area contributed by atoms with Gasteiger partial charge in [0, 0.05) is 6.42 Å². The van der Waals surface area contributed by atoms with E-state index in [-0.39, 0.29) is 17.5 Å². The number of benzene rings is 1. The Labute approximate surface area is 109 Å². The SMILES string of the molecule is CCC(F)(C(=O)OC)N1C(=O)c2ccccc2C1=O. The van der Waals surface area contributed by atoms with Gasteiger partial charge in [-0.15, -0.1) is 0 Å². The minimum absolute atomic E-state index is 0.0897. The standard InChI is InChI=1S/C13H12FNO4/c1-3-13(14,12(18)19-2)15-10(16)8-6-4-5-7-9(8)11(15)17/h4-7H,3H2,1-2H3. The third kappa shape index (κ3) is 1.71. The van der Waals surface area contributed by atoms with Crippen LogP contribution in [0.2, 0.25) is 0 Å². The molecule has 2 rings (SSSR count). The molecule has 1 aliphatic heterocycles. The van der Waals surface area contributed by atoms with Crippen molar-refractivity contribution >= 4 is 17.8 Å². The summed E-state index contributed by atoms with van der Waals surface area (Å²) in [5.41, 5.74) is 0.179. The predicted octanol–water partition coefficient (Wildman–Crippen LogP) is 1.53. The second-order valence-electron chi connectivity index (χ2n) is 4.10. The fraction of sp³-hybridized carbons (Fsp3) is 0.308. The van der Waals surface area contributed by atoms with Gasteiger partial charge in [0.25, 0.3) is 17.6 Å². The molecule has 0 N–H and O–H groups in total. The van der Waals surface area contributed by atoms with E-state index in [1.165, 1.54) is 19.1 Å². The number of rotatable bonds is 3. The van der Waals surface area contributed by atoms with Gasteiger partial charge in [-0.3, -0.25) is 9.59 Å². The third-order valence-corrected chi connectivity index (χ3v) is 3.12. The van der Waals surface area contributed by atoms with Crippen LogP contribution in [0, 0.1) is 0 Å². The number of ether oxygens (including phenoxy) is 1. The first-order valence-electron chi connectivity index (χ1n) is 5.72. The summed E-state index contributed by atoms with van der Waals surface area (Å²) in [6, 6.07) is 5.97. The Morgan fingerprint density at radius 2 is 1.74 bits per heavy atom. The first-order valence-corrected chi connectivity index (χ1v) is 5.72. The summed E-state index contributed by atoms with van der Waals surface area (Å²) >= 11 is 0. The quantitative estimate of drug-likeness (QED) is 0.472. The molecule has 1 aromatic rings. The summed E-state index contributed by atoms with van der Waals surface area (Å²) < 4.78 is 19.0. The Bertz CT molecular complexity index is 537. The number of hydrogen-bond acceptors (Lipinski definition) is 4. The molecule has 0 saturated heterocycles. The zero-order valence-corrected chi connectivity index (χ0v) is 10.5. The fourth-order valence-electron chi connectivity index (χ4n) is 2.06. The van der Waals surface area contributed by atoms with Crippen LogP contribution in [0.3, 0.4) is 0 Å². The molecule has 1 atom stereocenters. The van der Waals surface area contributed by atoms with E-state index in [1.54, 1.807) is 12.1 Å². The van der Waals surface area contributed by atoms with Crippen LogP contribution in [0.15, 0.2) is 24.3 Å². The van der Waals surface area contributed by atoms with E-state index in [2.05, 4.69) is 4.74 Å². The lowest BCUT2D eigenvalue weighted by Gasteiger charge is -2.29. The van der Waals surface area contributed by atoms with Crippen LogP contribution in [0.25, 0.3) is 0 Å². The number of alkyl halides is 1. The van der Waals surface area contributed by atoms with Crippen molar-refractivity contribution in [3.8, 4) is 0 Å². The Kier molecular flexibility index (Phi) is 3.09. The Hall–Kier alpha value is -2.24. The van der Waals surface area contributed by atoms with Crippen LogP contribution in [0.4, 0.5) is 4.39 Å². The van der Waals surface area contributed by atoms with E-state index < -0.39 is 23.6 Å². The molecule has 0 bridgehead atoms. The number of carbonyl (C=O) groups is 3. The highest BCUT2D eigenvalue weighted by molar-refractivity contribution is 6.23. The van der Waals surface area contributed by atoms with Crippen molar-refractivity contribution in [2.75, 3.05) is 7.11 Å². The van der Waals surface area contributed by atoms with Gasteiger partial charge in [0.1, 0.15) is 0 Å². The number of amides is 2. The first kappa shape index (κ1) is 13.2. The predicted molar refractivity (Wildman–Crippen MR) is 63.1 cm³/mol. The van der Waals surface area contributed by atoms with Crippen LogP contribution < -0.4 is 0 Å². The second-order valence-corrected chi connectivity index (χ2v) is 4.10. The van der Waals surface area contributed by atoms with Gasteiger partial charge in [0.2, 0.25) is 0 Å². The van der Waals surface area contributed by atoms with Gasteiger partial charge in [-0.25, -0.2) is 14.1 Å². The highest BCUT2D eigenvalue weighted by atomic mass is 19.1. The molecule has 0 fully saturated rings. The van der Waals surface area contributed by atoms with E-state index in [9.17, 15) is 18.8 Å². The molecule has 0 spiro atoms. The van der Waals surface area contributed by atoms with Gasteiger partial charge in [-0.05, 0) is 12.1 Å². The summed E-state index contributed by atoms with van der Waals surface area (Å²) in [5.74, 6) is -5.68. The molecular weight excluding hydrogens is 253 g/mol. The van der Waals surface area contributed by atoms with Gasteiger partial charge in [-0.1, -0.05) is 19.1 Å². The molecule has 1 unspecified atom stereocenters. The average molecular weight is 265 g/mol. The minimum atomic E-state index is -2.78. The molecule has 5 nitrogen and oxygen atoms in total. The van der Waals surface area contributed by atoms with Crippen molar-refractivity contribution < 1.29 is 23.5 Å². The summed E-state index contributed by atoms with van der Waals surface area (Å²) in [5, 5.41) is 0. The molecule has 0 aromatic heterocycles. The van der Waals surface area contributed by atoms with Gasteiger partial charge in [-0.2, -0.15) is 0 Å². The number of fused-ring (bicyclic) bond motifs is 1. The maximum Gasteiger partial charge on any atom is 0.365 e. The van der Waals surface area contributed by atoms with E-state index in [0.29, 0.717) is 4.90 Å². The van der Waals surface area contributed by atoms with E-state index in [1.807, 2.05) is 0 Å². The Morgan fingerprint density at radius 3 is 2.11 bits per heavy atom. The van der Waals surface area contributed by atoms with Crippen molar-refractivity contribution in [3.05, 3.63) is 35.4 Å². The smallest absolute Gasteiger partial charge is 0.365 e. The lowest BCUT2D eigenvalue weighted by atomic mass is 10.1. The highest BCUT2D eigenvalue weighted by Gasteiger charge is 2.54. The molecule has 2 amide bonds. The van der Waals surface area contributed by atoms with E-state index in [0.717, 1.165) is 7.11 Å². The topological polar surface area (TPSA) is 63.7 Å². The monoisotopic (exact) mass is 265 g/mol. The van der Waals surface area contributed by atoms with Gasteiger partial charge < -0.3 is 4.74 Å². The molecule has 0 radical (unpaired) electrons. The first-order chi connectivity index (χ1) is 8.97. The molecule has 0 aliphatic carbocycles. The summed E-state index contributed by atoms with van der Waals surface area (Å²) in [7, 11) is 1.00. The zero-order valence-electron chi connectivity index (χ0n) is 10.5. The molecule has 6 heteroatoms. The lowest BCUT2D eigenvalue weighted by molar-refractivity contribution is -0.164. The number of carbonyl (C=O) groups excluding carboxylic acids is 3. The van der Waals surface area contributed by atoms with Crippen molar-refractivity contribution in [2.45, 2.75) is 19.1 Å². The largest absolute Gasteiger partial charge is 0.465 e. The Balaban J connectivity index is 2.52. The van der Waals surface area contributed by atoms with E-state index in [4.69, 9.17) is 0 Å². The van der Waals surface area contributed by atoms with Gasteiger partial charge >= 0.3 is 5.97 Å². The van der Waals surface area contributed by atoms with Crippen molar-refractivity contribution in [2.24, 2.45) is 0 Å². The van der Waals surface area contributed by atoms with Crippen LogP contribution >= 0.6 is 0 Å². The molecule has 1 aliphatic rings. The number of imide groups is 1. The fourth-order valence-corrected chi connectivity index (χ4v) is 2.06. The maximum absolute atomic E-state index is 14.7. The van der Waals surface area contributed by atoms with Crippen LogP contribution in [-0.4, -0.2) is 35.6 Å². The normalized spacial score (nSPS) is 17.1. The maximum atomic E-state index is 14.7. The molecule has 0 saturated carbocycles. The third-order valence-electron chi connectivity index (χ3n) is 3.12. The molecule has 1 aromatic carbocycles. The summed E-state index contributed by atoms with van der Waals surface area (Å²) in [4.78, 5) is 36.1. The van der Waals surface area contributed by atoms with Crippen molar-refractivity contribution in [1.82, 2.24) is 4.90 Å². The van der Waals surface area contributed by atoms with Crippen molar-refractivity contribution in [3.63, 3.8) is 0 Å². The highest BCUT2D eigenvalue weighted by Crippen LogP contribution is 2.33. The molecule has 100 valence electrons. The number of methoxy groups -OCH3 is 1. The Morgan fingerprint density at radius 1 is 1.26 bits per heavy atom. The summed E-state index contributed by atoms with van der Waals surface area (Å²) in [6.45, 7) is 1.36. The van der Waals surface area contributed by atoms with Crippen LogP contribution in [0.1, 0.15) is 34.1 Å². The van der Waals surface area contributed by atoms with Crippen LogP contribution in [0.5, 0.6) is 0 Å². The van der Waals surface area contributed by atoms with Crippen molar-refractivity contribution in [1.29, 1.82) is 0 Å². The van der Waals surface area contributed by atoms with Crippen LogP contribution in [-0.2, 0) is 9.53 Å². The number of hydrogen-bond donors (Lipinski definition) is 0. The average Bonchev–Trinajstić information content (AvgIpc) is 2.70. The second kappa shape index (κ2) is 4.46. The minimum Gasteiger partial charge on any atom is -0.465 e. The molecular formula is C13H12FNO4. The number of nitrogens with zero attached hydrogens (tertiary/aromatic N) is 1. The van der Waals surface area contributed by atoms with Gasteiger partial charge in [0.15, 0.2) is 0 Å². The number of halogens is 1. The lowest BCUT2D eigenvalue weighted by Crippen LogP contribution is -2.54.